The maximum atomic E-state index is 11.7. The first-order valence-electron chi connectivity index (χ1n) is 6.34. The number of hydrogen-bond acceptors (Lipinski definition) is 4. The van der Waals surface area contributed by atoms with E-state index in [1.165, 1.54) is 36.5 Å². The molecule has 0 unspecified atom stereocenters. The van der Waals surface area contributed by atoms with Crippen molar-refractivity contribution in [2.45, 2.75) is 0 Å². The van der Waals surface area contributed by atoms with E-state index in [1.807, 2.05) is 0 Å². The van der Waals surface area contributed by atoms with Gasteiger partial charge in [-0.05, 0) is 48.0 Å². The number of anilines is 1. The van der Waals surface area contributed by atoms with E-state index < -0.39 is 11.8 Å². The lowest BCUT2D eigenvalue weighted by atomic mass is 10.2. The van der Waals surface area contributed by atoms with Crippen LogP contribution in [-0.2, 0) is 9.59 Å². The molecule has 0 aromatic heterocycles. The highest BCUT2D eigenvalue weighted by molar-refractivity contribution is 6.42. The summed E-state index contributed by atoms with van der Waals surface area (Å²) in [5, 5.41) is 15.8. The van der Waals surface area contributed by atoms with Crippen LogP contribution in [0.25, 0.3) is 0 Å². The summed E-state index contributed by atoms with van der Waals surface area (Å²) in [5.41, 5.74) is 3.07. The van der Waals surface area contributed by atoms with E-state index in [0.717, 1.165) is 0 Å². The predicted octanol–water partition coefficient (Wildman–Crippen LogP) is 2.79. The molecule has 23 heavy (non-hydrogen) atoms. The van der Waals surface area contributed by atoms with Crippen molar-refractivity contribution in [1.82, 2.24) is 5.43 Å². The van der Waals surface area contributed by atoms with Gasteiger partial charge in [0.25, 0.3) is 0 Å². The van der Waals surface area contributed by atoms with Gasteiger partial charge in [-0.15, -0.1) is 0 Å². The molecule has 8 heteroatoms. The van der Waals surface area contributed by atoms with E-state index in [4.69, 9.17) is 28.3 Å². The molecule has 2 aromatic carbocycles. The Hall–Kier alpha value is -2.57. The molecule has 3 N–H and O–H groups in total. The zero-order chi connectivity index (χ0) is 16.8. The maximum absolute atomic E-state index is 11.7. The topological polar surface area (TPSA) is 90.8 Å². The van der Waals surface area contributed by atoms with Crippen LogP contribution < -0.4 is 10.7 Å². The van der Waals surface area contributed by atoms with Crippen LogP contribution in [0.2, 0.25) is 10.0 Å². The quantitative estimate of drug-likeness (QED) is 0.451. The molecule has 0 spiro atoms. The number of hydrazone groups is 1. The third kappa shape index (κ3) is 4.98. The number of amides is 2. The first kappa shape index (κ1) is 16.8. The van der Waals surface area contributed by atoms with Gasteiger partial charge >= 0.3 is 11.8 Å². The third-order valence-electron chi connectivity index (χ3n) is 2.66. The molecular formula is C15H11Cl2N3O3. The Morgan fingerprint density at radius 3 is 2.35 bits per heavy atom. The van der Waals surface area contributed by atoms with E-state index in [9.17, 15) is 9.59 Å². The Morgan fingerprint density at radius 1 is 1.00 bits per heavy atom. The van der Waals surface area contributed by atoms with E-state index in [0.29, 0.717) is 16.3 Å². The minimum atomic E-state index is -0.939. The molecule has 0 bridgehead atoms. The van der Waals surface area contributed by atoms with Gasteiger partial charge in [0.05, 0.1) is 16.3 Å². The largest absolute Gasteiger partial charge is 0.508 e. The molecule has 2 aromatic rings. The molecule has 0 radical (unpaired) electrons. The lowest BCUT2D eigenvalue weighted by Gasteiger charge is -2.05. The number of nitrogens with one attached hydrogen (secondary N) is 2. The van der Waals surface area contributed by atoms with Gasteiger partial charge in [-0.2, -0.15) is 5.10 Å². The van der Waals surface area contributed by atoms with Crippen molar-refractivity contribution in [2.75, 3.05) is 5.32 Å². The number of rotatable bonds is 3. The Labute approximate surface area is 141 Å². The second-order valence-corrected chi connectivity index (χ2v) is 5.19. The van der Waals surface area contributed by atoms with Crippen LogP contribution in [0.5, 0.6) is 5.75 Å². The summed E-state index contributed by atoms with van der Waals surface area (Å²) in [6, 6.07) is 10.6. The third-order valence-corrected chi connectivity index (χ3v) is 3.40. The first-order chi connectivity index (χ1) is 11.0. The Balaban J connectivity index is 1.90. The summed E-state index contributed by atoms with van der Waals surface area (Å²) >= 11 is 11.6. The molecule has 6 nitrogen and oxygen atoms in total. The summed E-state index contributed by atoms with van der Waals surface area (Å²) in [6.45, 7) is 0. The first-order valence-corrected chi connectivity index (χ1v) is 7.10. The molecule has 0 fully saturated rings. The number of phenols is 1. The second kappa shape index (κ2) is 7.62. The number of phenolic OH excluding ortho intramolecular Hbond substituents is 1. The van der Waals surface area contributed by atoms with Crippen LogP contribution in [0.15, 0.2) is 47.6 Å². The van der Waals surface area contributed by atoms with Crippen molar-refractivity contribution in [2.24, 2.45) is 5.10 Å². The average Bonchev–Trinajstić information content (AvgIpc) is 2.52. The van der Waals surface area contributed by atoms with Crippen molar-refractivity contribution >= 4 is 46.9 Å². The molecule has 0 heterocycles. The molecule has 0 saturated heterocycles. The number of nitrogens with zero attached hydrogens (tertiary/aromatic N) is 1. The van der Waals surface area contributed by atoms with Crippen LogP contribution >= 0.6 is 23.2 Å². The van der Waals surface area contributed by atoms with Crippen molar-refractivity contribution in [1.29, 1.82) is 0 Å². The fraction of sp³-hybridized carbons (Fsp3) is 0. The van der Waals surface area contributed by atoms with Crippen LogP contribution in [0.4, 0.5) is 5.69 Å². The van der Waals surface area contributed by atoms with Crippen LogP contribution in [0, 0.1) is 0 Å². The van der Waals surface area contributed by atoms with E-state index >= 15 is 0 Å². The zero-order valence-corrected chi connectivity index (χ0v) is 13.1. The summed E-state index contributed by atoms with van der Waals surface area (Å²) in [7, 11) is 0. The molecular weight excluding hydrogens is 341 g/mol. The molecule has 0 atom stereocenters. The number of aromatic hydroxyl groups is 1. The van der Waals surface area contributed by atoms with Gasteiger partial charge in [-0.3, -0.25) is 9.59 Å². The van der Waals surface area contributed by atoms with Gasteiger partial charge in [-0.25, -0.2) is 5.43 Å². The second-order valence-electron chi connectivity index (χ2n) is 4.37. The van der Waals surface area contributed by atoms with Gasteiger partial charge in [0, 0.05) is 5.69 Å². The molecule has 0 aliphatic rings. The molecule has 2 amide bonds. The predicted molar refractivity (Wildman–Crippen MR) is 88.9 cm³/mol. The van der Waals surface area contributed by atoms with E-state index in [2.05, 4.69) is 15.8 Å². The molecule has 2 rings (SSSR count). The highest BCUT2D eigenvalue weighted by Crippen LogP contribution is 2.24. The van der Waals surface area contributed by atoms with Crippen molar-refractivity contribution in [3.05, 3.63) is 58.1 Å². The van der Waals surface area contributed by atoms with Crippen molar-refractivity contribution in [3.8, 4) is 5.75 Å². The van der Waals surface area contributed by atoms with E-state index in [1.54, 1.807) is 12.1 Å². The van der Waals surface area contributed by atoms with E-state index in [-0.39, 0.29) is 10.8 Å². The maximum Gasteiger partial charge on any atom is 0.329 e. The van der Waals surface area contributed by atoms with Crippen molar-refractivity contribution in [3.63, 3.8) is 0 Å². The molecule has 0 saturated carbocycles. The van der Waals surface area contributed by atoms with Gasteiger partial charge in [0.2, 0.25) is 0 Å². The summed E-state index contributed by atoms with van der Waals surface area (Å²) in [5.74, 6) is -1.72. The highest BCUT2D eigenvalue weighted by atomic mass is 35.5. The number of carbonyl (C=O) groups excluding carboxylic acids is 2. The Kier molecular flexibility index (Phi) is 5.56. The number of carbonyl (C=O) groups is 2. The van der Waals surface area contributed by atoms with Gasteiger partial charge < -0.3 is 10.4 Å². The van der Waals surface area contributed by atoms with Gasteiger partial charge in [0.15, 0.2) is 0 Å². The lowest BCUT2D eigenvalue weighted by molar-refractivity contribution is -0.136. The van der Waals surface area contributed by atoms with Crippen LogP contribution in [0.1, 0.15) is 5.56 Å². The number of halogens is 2. The molecule has 0 aliphatic heterocycles. The standard InChI is InChI=1S/C15H11Cl2N3O3/c16-12-6-3-10(7-13(12)17)19-14(22)15(23)20-18-8-9-1-4-11(21)5-2-9/h1-8,21H,(H,19,22)(H,20,23). The minimum Gasteiger partial charge on any atom is -0.508 e. The van der Waals surface area contributed by atoms with Crippen molar-refractivity contribution < 1.29 is 14.7 Å². The zero-order valence-electron chi connectivity index (χ0n) is 11.6. The number of hydrogen-bond donors (Lipinski definition) is 3. The van der Waals surface area contributed by atoms with Gasteiger partial charge in [0.1, 0.15) is 5.75 Å². The monoisotopic (exact) mass is 351 g/mol. The fourth-order valence-electron chi connectivity index (χ4n) is 1.54. The van der Waals surface area contributed by atoms with Crippen LogP contribution in [0.3, 0.4) is 0 Å². The molecule has 0 aliphatic carbocycles. The number of benzene rings is 2. The Bertz CT molecular complexity index is 761. The average molecular weight is 352 g/mol. The van der Waals surface area contributed by atoms with Gasteiger partial charge in [-0.1, -0.05) is 23.2 Å². The minimum absolute atomic E-state index is 0.118. The Morgan fingerprint density at radius 2 is 1.70 bits per heavy atom. The molecule has 118 valence electrons. The summed E-state index contributed by atoms with van der Waals surface area (Å²) in [6.07, 6.45) is 1.34. The summed E-state index contributed by atoms with van der Waals surface area (Å²) in [4.78, 5) is 23.3. The SMILES string of the molecule is O=C(NN=Cc1ccc(O)cc1)C(=O)Nc1ccc(Cl)c(Cl)c1. The normalized spacial score (nSPS) is 10.5. The fourth-order valence-corrected chi connectivity index (χ4v) is 1.84. The highest BCUT2D eigenvalue weighted by Gasteiger charge is 2.13. The summed E-state index contributed by atoms with van der Waals surface area (Å²) < 4.78 is 0. The lowest BCUT2D eigenvalue weighted by Crippen LogP contribution is -2.32. The van der Waals surface area contributed by atoms with Crippen LogP contribution in [-0.4, -0.2) is 23.1 Å². The smallest absolute Gasteiger partial charge is 0.329 e.